The third-order valence-corrected chi connectivity index (χ3v) is 6.68. The van der Waals surface area contributed by atoms with Gasteiger partial charge in [-0.3, -0.25) is 4.79 Å². The van der Waals surface area contributed by atoms with Gasteiger partial charge in [0.05, 0.1) is 13.2 Å². The van der Waals surface area contributed by atoms with E-state index in [2.05, 4.69) is 5.32 Å². The molecule has 0 bridgehead atoms. The summed E-state index contributed by atoms with van der Waals surface area (Å²) in [6, 6.07) is 13.9. The van der Waals surface area contributed by atoms with E-state index in [9.17, 15) is 13.2 Å². The van der Waals surface area contributed by atoms with Crippen molar-refractivity contribution in [2.75, 3.05) is 20.2 Å². The number of hydrogen-bond donors (Lipinski definition) is 1. The van der Waals surface area contributed by atoms with E-state index in [1.54, 1.807) is 6.07 Å². The highest BCUT2D eigenvalue weighted by Gasteiger charge is 2.30. The molecule has 1 atom stereocenters. The molecule has 1 aliphatic rings. The highest BCUT2D eigenvalue weighted by Crippen LogP contribution is 2.30. The van der Waals surface area contributed by atoms with Gasteiger partial charge in [-0.15, -0.1) is 0 Å². The number of nitrogens with zero attached hydrogens (tertiary/aromatic N) is 1. The molecule has 7 heteroatoms. The van der Waals surface area contributed by atoms with Crippen LogP contribution in [-0.4, -0.2) is 38.8 Å². The fraction of sp³-hybridized carbons (Fsp3) is 0.350. The molecule has 0 aromatic heterocycles. The number of sulfonamides is 1. The van der Waals surface area contributed by atoms with Crippen molar-refractivity contribution in [3.63, 3.8) is 0 Å². The van der Waals surface area contributed by atoms with E-state index in [1.165, 1.54) is 23.5 Å². The second-order valence-electron chi connectivity index (χ2n) is 6.58. The fourth-order valence-corrected chi connectivity index (χ4v) is 4.89. The Morgan fingerprint density at radius 2 is 1.78 bits per heavy atom. The van der Waals surface area contributed by atoms with Gasteiger partial charge in [0.25, 0.3) is 5.91 Å². The van der Waals surface area contributed by atoms with Crippen LogP contribution in [0.3, 0.4) is 0 Å². The Labute approximate surface area is 160 Å². The zero-order valence-electron chi connectivity index (χ0n) is 15.5. The monoisotopic (exact) mass is 388 g/mol. The number of ether oxygens (including phenoxy) is 1. The maximum Gasteiger partial charge on any atom is 0.251 e. The molecule has 1 saturated heterocycles. The average Bonchev–Trinajstić information content (AvgIpc) is 3.23. The number of amides is 1. The third-order valence-electron chi connectivity index (χ3n) is 4.76. The third kappa shape index (κ3) is 4.14. The Kier molecular flexibility index (Phi) is 5.82. The molecule has 1 unspecified atom stereocenters. The van der Waals surface area contributed by atoms with Crippen molar-refractivity contribution >= 4 is 15.9 Å². The summed E-state index contributed by atoms with van der Waals surface area (Å²) in [5.74, 6) is -0.0820. The number of carbonyl (C=O) groups is 1. The lowest BCUT2D eigenvalue weighted by atomic mass is 10.1. The largest absolute Gasteiger partial charge is 0.495 e. The fourth-order valence-electron chi connectivity index (χ4n) is 3.19. The van der Waals surface area contributed by atoms with Gasteiger partial charge in [-0.05, 0) is 43.5 Å². The van der Waals surface area contributed by atoms with E-state index >= 15 is 0 Å². The molecule has 2 aromatic carbocycles. The quantitative estimate of drug-likeness (QED) is 0.825. The van der Waals surface area contributed by atoms with Gasteiger partial charge >= 0.3 is 0 Å². The topological polar surface area (TPSA) is 75.7 Å². The molecular formula is C20H24N2O4S. The van der Waals surface area contributed by atoms with Gasteiger partial charge in [-0.1, -0.05) is 30.3 Å². The first kappa shape index (κ1) is 19.4. The van der Waals surface area contributed by atoms with E-state index < -0.39 is 10.0 Å². The smallest absolute Gasteiger partial charge is 0.251 e. The Balaban J connectivity index is 1.87. The molecule has 27 heavy (non-hydrogen) atoms. The zero-order valence-corrected chi connectivity index (χ0v) is 16.3. The summed E-state index contributed by atoms with van der Waals surface area (Å²) in [4.78, 5) is 12.7. The number of benzene rings is 2. The van der Waals surface area contributed by atoms with E-state index in [1.807, 2.05) is 37.3 Å². The van der Waals surface area contributed by atoms with Crippen LogP contribution in [0, 0.1) is 0 Å². The van der Waals surface area contributed by atoms with Gasteiger partial charge in [0.2, 0.25) is 10.0 Å². The van der Waals surface area contributed by atoms with Gasteiger partial charge in [0.1, 0.15) is 10.6 Å². The van der Waals surface area contributed by atoms with Crippen LogP contribution in [-0.2, 0) is 10.0 Å². The van der Waals surface area contributed by atoms with E-state index in [-0.39, 0.29) is 28.2 Å². The summed E-state index contributed by atoms with van der Waals surface area (Å²) in [7, 11) is -2.26. The number of carbonyl (C=O) groups excluding carboxylic acids is 1. The van der Waals surface area contributed by atoms with Gasteiger partial charge in [0.15, 0.2) is 0 Å². The van der Waals surface area contributed by atoms with Crippen molar-refractivity contribution in [1.82, 2.24) is 9.62 Å². The number of hydrogen-bond acceptors (Lipinski definition) is 4. The van der Waals surface area contributed by atoms with Crippen molar-refractivity contribution in [2.24, 2.45) is 0 Å². The maximum atomic E-state index is 12.9. The molecular weight excluding hydrogens is 364 g/mol. The lowest BCUT2D eigenvalue weighted by Crippen LogP contribution is -2.29. The Bertz CT molecular complexity index is 907. The van der Waals surface area contributed by atoms with Crippen LogP contribution in [0.25, 0.3) is 0 Å². The van der Waals surface area contributed by atoms with Gasteiger partial charge in [-0.25, -0.2) is 8.42 Å². The van der Waals surface area contributed by atoms with Crippen LogP contribution in [0.15, 0.2) is 53.4 Å². The Morgan fingerprint density at radius 3 is 2.41 bits per heavy atom. The molecule has 1 amide bonds. The molecule has 1 N–H and O–H groups in total. The minimum atomic E-state index is -3.69. The summed E-state index contributed by atoms with van der Waals surface area (Å²) in [6.45, 7) is 2.87. The Morgan fingerprint density at radius 1 is 1.11 bits per heavy atom. The Hall–Kier alpha value is -2.38. The van der Waals surface area contributed by atoms with E-state index in [0.29, 0.717) is 13.1 Å². The molecule has 1 heterocycles. The number of methoxy groups -OCH3 is 1. The first-order valence-corrected chi connectivity index (χ1v) is 10.4. The summed E-state index contributed by atoms with van der Waals surface area (Å²) < 4.78 is 32.6. The lowest BCUT2D eigenvalue weighted by molar-refractivity contribution is 0.0939. The predicted octanol–water partition coefficient (Wildman–Crippen LogP) is 2.97. The molecule has 0 saturated carbocycles. The van der Waals surface area contributed by atoms with Crippen molar-refractivity contribution < 1.29 is 17.9 Å². The minimum Gasteiger partial charge on any atom is -0.495 e. The highest BCUT2D eigenvalue weighted by molar-refractivity contribution is 7.89. The highest BCUT2D eigenvalue weighted by atomic mass is 32.2. The molecule has 3 rings (SSSR count). The first-order valence-electron chi connectivity index (χ1n) is 8.97. The lowest BCUT2D eigenvalue weighted by Gasteiger charge is -2.19. The SMILES string of the molecule is COc1ccc(C(=O)NC(C)c2ccccc2)cc1S(=O)(=O)N1CCCC1. The van der Waals surface area contributed by atoms with Crippen LogP contribution in [0.5, 0.6) is 5.75 Å². The van der Waals surface area contributed by atoms with Gasteiger partial charge < -0.3 is 10.1 Å². The summed E-state index contributed by atoms with van der Waals surface area (Å²) in [5.41, 5.74) is 1.26. The molecule has 6 nitrogen and oxygen atoms in total. The number of nitrogens with one attached hydrogen (secondary N) is 1. The summed E-state index contributed by atoms with van der Waals surface area (Å²) in [6.07, 6.45) is 1.69. The molecule has 1 fully saturated rings. The first-order chi connectivity index (χ1) is 12.9. The van der Waals surface area contributed by atoms with Crippen molar-refractivity contribution in [2.45, 2.75) is 30.7 Å². The second-order valence-corrected chi connectivity index (χ2v) is 8.49. The number of rotatable bonds is 6. The van der Waals surface area contributed by atoms with Crippen LogP contribution >= 0.6 is 0 Å². The van der Waals surface area contributed by atoms with Crippen LogP contribution in [0.4, 0.5) is 0 Å². The molecule has 144 valence electrons. The summed E-state index contributed by atoms with van der Waals surface area (Å²) >= 11 is 0. The normalized spacial score (nSPS) is 16.1. The molecule has 1 aliphatic heterocycles. The standard InChI is InChI=1S/C20H24N2O4S/c1-15(16-8-4-3-5-9-16)21-20(23)17-10-11-18(26-2)19(14-17)27(24,25)22-12-6-7-13-22/h3-5,8-11,14-15H,6-7,12-13H2,1-2H3,(H,21,23). The minimum absolute atomic E-state index is 0.0342. The van der Waals surface area contributed by atoms with Gasteiger partial charge in [0, 0.05) is 18.7 Å². The zero-order chi connectivity index (χ0) is 19.4. The van der Waals surface area contributed by atoms with Crippen molar-refractivity contribution in [3.8, 4) is 5.75 Å². The van der Waals surface area contributed by atoms with E-state index in [4.69, 9.17) is 4.74 Å². The molecule has 0 radical (unpaired) electrons. The van der Waals surface area contributed by atoms with E-state index in [0.717, 1.165) is 18.4 Å². The van der Waals surface area contributed by atoms with Crippen molar-refractivity contribution in [1.29, 1.82) is 0 Å². The van der Waals surface area contributed by atoms with Crippen LogP contribution in [0.2, 0.25) is 0 Å². The predicted molar refractivity (Wildman–Crippen MR) is 103 cm³/mol. The van der Waals surface area contributed by atoms with Crippen molar-refractivity contribution in [3.05, 3.63) is 59.7 Å². The molecule has 0 aliphatic carbocycles. The van der Waals surface area contributed by atoms with Crippen LogP contribution in [0.1, 0.15) is 41.7 Å². The average molecular weight is 388 g/mol. The molecule has 0 spiro atoms. The second kappa shape index (κ2) is 8.10. The van der Waals surface area contributed by atoms with Gasteiger partial charge in [-0.2, -0.15) is 4.31 Å². The molecule has 2 aromatic rings. The maximum absolute atomic E-state index is 12.9. The van der Waals surface area contributed by atoms with Crippen LogP contribution < -0.4 is 10.1 Å². The summed E-state index contributed by atoms with van der Waals surface area (Å²) in [5, 5.41) is 2.91.